The van der Waals surface area contributed by atoms with Gasteiger partial charge < -0.3 is 5.32 Å². The Bertz CT molecular complexity index is 604. The van der Waals surface area contributed by atoms with Crippen LogP contribution in [0.25, 0.3) is 0 Å². The Hall–Kier alpha value is -1.68. The van der Waals surface area contributed by atoms with Crippen LogP contribution in [0.2, 0.25) is 0 Å². The first-order valence-electron chi connectivity index (χ1n) is 7.89. The highest BCUT2D eigenvalue weighted by Crippen LogP contribution is 2.39. The van der Waals surface area contributed by atoms with Crippen molar-refractivity contribution in [1.29, 1.82) is 0 Å². The maximum Gasteiger partial charge on any atom is 0.138 e. The summed E-state index contributed by atoms with van der Waals surface area (Å²) < 4.78 is 2.02. The van der Waals surface area contributed by atoms with Crippen LogP contribution in [0, 0.1) is 0 Å². The minimum atomic E-state index is 0.142. The molecule has 0 radical (unpaired) electrons. The van der Waals surface area contributed by atoms with Crippen LogP contribution in [0.4, 0.5) is 0 Å². The summed E-state index contributed by atoms with van der Waals surface area (Å²) in [5, 5.41) is 7.74. The Morgan fingerprint density at radius 1 is 1.33 bits per heavy atom. The fraction of sp³-hybridized carbons (Fsp3) is 0.529. The number of aryl methyl sites for hydroxylation is 2. The fourth-order valence-corrected chi connectivity index (χ4v) is 3.77. The molecule has 0 aliphatic heterocycles. The Balaban J connectivity index is 2.01. The molecule has 0 saturated heterocycles. The molecule has 4 nitrogen and oxygen atoms in total. The van der Waals surface area contributed by atoms with E-state index in [0.717, 1.165) is 25.3 Å². The first kappa shape index (κ1) is 14.3. The highest BCUT2D eigenvalue weighted by atomic mass is 15.3. The molecule has 1 heterocycles. The molecule has 21 heavy (non-hydrogen) atoms. The fourth-order valence-electron chi connectivity index (χ4n) is 3.77. The molecule has 1 aliphatic carbocycles. The van der Waals surface area contributed by atoms with Crippen LogP contribution in [-0.2, 0) is 24.8 Å². The lowest BCUT2D eigenvalue weighted by atomic mass is 9.67. The smallest absolute Gasteiger partial charge is 0.138 e. The van der Waals surface area contributed by atoms with Crippen molar-refractivity contribution in [2.24, 2.45) is 0 Å². The molecule has 1 atom stereocenters. The summed E-state index contributed by atoms with van der Waals surface area (Å²) in [5.41, 5.74) is 3.14. The number of nitrogens with zero attached hydrogens (tertiary/aromatic N) is 3. The van der Waals surface area contributed by atoms with E-state index < -0.39 is 0 Å². The van der Waals surface area contributed by atoms with Gasteiger partial charge in [0.2, 0.25) is 0 Å². The average molecular weight is 284 g/mol. The zero-order chi connectivity index (χ0) is 14.7. The average Bonchev–Trinajstić information content (AvgIpc) is 2.95. The van der Waals surface area contributed by atoms with E-state index in [-0.39, 0.29) is 5.41 Å². The second-order valence-corrected chi connectivity index (χ2v) is 5.99. The molecular weight excluding hydrogens is 260 g/mol. The van der Waals surface area contributed by atoms with Gasteiger partial charge in [-0.3, -0.25) is 4.68 Å². The lowest BCUT2D eigenvalue weighted by molar-refractivity contribution is 0.333. The van der Waals surface area contributed by atoms with Gasteiger partial charge in [-0.15, -0.1) is 0 Å². The summed E-state index contributed by atoms with van der Waals surface area (Å²) in [4.78, 5) is 4.51. The number of hydrogen-bond acceptors (Lipinski definition) is 3. The van der Waals surface area contributed by atoms with E-state index in [2.05, 4.69) is 46.6 Å². The molecule has 1 aromatic carbocycles. The third-order valence-corrected chi connectivity index (χ3v) is 4.70. The van der Waals surface area contributed by atoms with Gasteiger partial charge in [-0.25, -0.2) is 4.98 Å². The molecule has 0 amide bonds. The lowest BCUT2D eigenvalue weighted by Gasteiger charge is -2.39. The van der Waals surface area contributed by atoms with Crippen LogP contribution in [0.1, 0.15) is 36.7 Å². The molecule has 0 bridgehead atoms. The Morgan fingerprint density at radius 2 is 2.19 bits per heavy atom. The van der Waals surface area contributed by atoms with Crippen molar-refractivity contribution in [2.45, 2.75) is 44.6 Å². The van der Waals surface area contributed by atoms with E-state index in [9.17, 15) is 0 Å². The van der Waals surface area contributed by atoms with Gasteiger partial charge in [0.05, 0.1) is 0 Å². The van der Waals surface area contributed by atoms with Crippen LogP contribution < -0.4 is 5.32 Å². The lowest BCUT2D eigenvalue weighted by Crippen LogP contribution is -2.42. The van der Waals surface area contributed by atoms with E-state index in [1.54, 1.807) is 6.33 Å². The highest BCUT2D eigenvalue weighted by molar-refractivity contribution is 5.38. The first-order valence-corrected chi connectivity index (χ1v) is 7.89. The standard InChI is InChI=1S/C17H24N4/c1-3-21-16(19-13-20-21)11-17(12-18-2)10-6-8-14-7-4-5-9-15(14)17/h4-5,7,9,13,18H,3,6,8,10-12H2,1-2H3. The molecular formula is C17H24N4. The second-order valence-electron chi connectivity index (χ2n) is 5.99. The molecule has 112 valence electrons. The minimum absolute atomic E-state index is 0.142. The summed E-state index contributed by atoms with van der Waals surface area (Å²) in [5.74, 6) is 1.10. The van der Waals surface area contributed by atoms with Crippen molar-refractivity contribution in [2.75, 3.05) is 13.6 Å². The number of benzene rings is 1. The zero-order valence-electron chi connectivity index (χ0n) is 13.0. The Labute approximate surface area is 126 Å². The van der Waals surface area contributed by atoms with E-state index >= 15 is 0 Å². The normalized spacial score (nSPS) is 21.2. The molecule has 2 aromatic rings. The van der Waals surface area contributed by atoms with E-state index in [0.29, 0.717) is 0 Å². The summed E-state index contributed by atoms with van der Waals surface area (Å²) in [6.45, 7) is 3.99. The van der Waals surface area contributed by atoms with Crippen molar-refractivity contribution < 1.29 is 0 Å². The number of hydrogen-bond donors (Lipinski definition) is 1. The Morgan fingerprint density at radius 3 is 3.00 bits per heavy atom. The largest absolute Gasteiger partial charge is 0.319 e. The number of rotatable bonds is 5. The van der Waals surface area contributed by atoms with Crippen molar-refractivity contribution in [3.8, 4) is 0 Å². The van der Waals surface area contributed by atoms with Crippen molar-refractivity contribution in [3.63, 3.8) is 0 Å². The van der Waals surface area contributed by atoms with Gasteiger partial charge in [0.25, 0.3) is 0 Å². The van der Waals surface area contributed by atoms with Gasteiger partial charge in [0.15, 0.2) is 0 Å². The molecule has 1 aromatic heterocycles. The second kappa shape index (κ2) is 5.98. The molecule has 1 N–H and O–H groups in total. The monoisotopic (exact) mass is 284 g/mol. The number of nitrogens with one attached hydrogen (secondary N) is 1. The molecule has 1 aliphatic rings. The summed E-state index contributed by atoms with van der Waals surface area (Å²) >= 11 is 0. The number of likely N-dealkylation sites (N-methyl/N-ethyl adjacent to an activating group) is 1. The summed E-state index contributed by atoms with van der Waals surface area (Å²) in [6.07, 6.45) is 6.29. The third-order valence-electron chi connectivity index (χ3n) is 4.70. The predicted molar refractivity (Wildman–Crippen MR) is 84.4 cm³/mol. The van der Waals surface area contributed by atoms with Crippen LogP contribution >= 0.6 is 0 Å². The number of aromatic nitrogens is 3. The van der Waals surface area contributed by atoms with Gasteiger partial charge in [0.1, 0.15) is 12.2 Å². The summed E-state index contributed by atoms with van der Waals surface area (Å²) in [6, 6.07) is 8.91. The molecule has 0 spiro atoms. The topological polar surface area (TPSA) is 42.7 Å². The maximum absolute atomic E-state index is 4.51. The molecule has 1 unspecified atom stereocenters. The quantitative estimate of drug-likeness (QED) is 0.916. The summed E-state index contributed by atoms with van der Waals surface area (Å²) in [7, 11) is 2.05. The van der Waals surface area contributed by atoms with Crippen LogP contribution in [0.15, 0.2) is 30.6 Å². The molecule has 3 rings (SSSR count). The third kappa shape index (κ3) is 2.60. The van der Waals surface area contributed by atoms with Crippen molar-refractivity contribution >= 4 is 0 Å². The molecule has 0 saturated carbocycles. The maximum atomic E-state index is 4.51. The van der Waals surface area contributed by atoms with Crippen LogP contribution in [0.3, 0.4) is 0 Å². The van der Waals surface area contributed by atoms with E-state index in [1.165, 1.54) is 30.4 Å². The minimum Gasteiger partial charge on any atom is -0.319 e. The van der Waals surface area contributed by atoms with Crippen molar-refractivity contribution in [3.05, 3.63) is 47.5 Å². The molecule has 0 fully saturated rings. The van der Waals surface area contributed by atoms with E-state index in [4.69, 9.17) is 0 Å². The van der Waals surface area contributed by atoms with Crippen LogP contribution in [0.5, 0.6) is 0 Å². The SMILES string of the molecule is CCn1ncnc1CC1(CNC)CCCc2ccccc21. The van der Waals surface area contributed by atoms with Crippen LogP contribution in [-0.4, -0.2) is 28.4 Å². The van der Waals surface area contributed by atoms with Gasteiger partial charge in [-0.1, -0.05) is 24.3 Å². The number of fused-ring (bicyclic) bond motifs is 1. The Kier molecular flexibility index (Phi) is 4.06. The zero-order valence-corrected chi connectivity index (χ0v) is 13.0. The predicted octanol–water partition coefficient (Wildman–Crippen LogP) is 2.33. The first-order chi connectivity index (χ1) is 10.3. The van der Waals surface area contributed by atoms with Gasteiger partial charge in [-0.05, 0) is 44.4 Å². The molecule has 4 heteroatoms. The van der Waals surface area contributed by atoms with Crippen molar-refractivity contribution in [1.82, 2.24) is 20.1 Å². The van der Waals surface area contributed by atoms with Gasteiger partial charge in [0, 0.05) is 24.9 Å². The highest BCUT2D eigenvalue weighted by Gasteiger charge is 2.37. The van der Waals surface area contributed by atoms with Gasteiger partial charge in [-0.2, -0.15) is 5.10 Å². The van der Waals surface area contributed by atoms with Gasteiger partial charge >= 0.3 is 0 Å². The van der Waals surface area contributed by atoms with E-state index in [1.807, 2.05) is 11.7 Å².